The van der Waals surface area contributed by atoms with Crippen LogP contribution in [0.25, 0.3) is 11.1 Å². The van der Waals surface area contributed by atoms with Crippen LogP contribution in [0, 0.1) is 25.6 Å². The SMILES string of the molecule is COc1cc(F)cc(-c2ccc(Cc3c(C)sc(C)c3C(=O)NC3CCC(C(=O)O)CC3)cc2)c1. The lowest BCUT2D eigenvalue weighted by Crippen LogP contribution is -2.39. The summed E-state index contributed by atoms with van der Waals surface area (Å²) in [6.07, 6.45) is 3.19. The standard InChI is InChI=1S/C28H30FNO4S/c1-16-25(12-18-4-6-19(7-5-18)21-13-22(29)15-24(14-21)34-3)26(17(2)35-16)27(31)30-23-10-8-20(9-11-23)28(32)33/h4-7,13-15,20,23H,8-12H2,1-3H3,(H,30,31)(H,32,33). The summed E-state index contributed by atoms with van der Waals surface area (Å²) in [6.45, 7) is 4.01. The Balaban J connectivity index is 1.49. The summed E-state index contributed by atoms with van der Waals surface area (Å²) in [4.78, 5) is 26.5. The van der Waals surface area contributed by atoms with Crippen LogP contribution in [-0.2, 0) is 11.2 Å². The number of rotatable bonds is 7. The minimum absolute atomic E-state index is 0.00750. The second-order valence-electron chi connectivity index (χ2n) is 9.18. The Morgan fingerprint density at radius 3 is 2.34 bits per heavy atom. The number of carboxylic acids is 1. The highest BCUT2D eigenvalue weighted by Crippen LogP contribution is 2.32. The van der Waals surface area contributed by atoms with Gasteiger partial charge in [0.2, 0.25) is 0 Å². The first-order chi connectivity index (χ1) is 16.7. The van der Waals surface area contributed by atoms with Gasteiger partial charge in [-0.15, -0.1) is 11.3 Å². The molecular weight excluding hydrogens is 465 g/mol. The zero-order valence-corrected chi connectivity index (χ0v) is 21.0. The number of hydrogen-bond donors (Lipinski definition) is 2. The molecule has 1 saturated carbocycles. The third kappa shape index (κ3) is 5.73. The maximum absolute atomic E-state index is 13.9. The normalized spacial score (nSPS) is 17.7. The van der Waals surface area contributed by atoms with Gasteiger partial charge in [0.25, 0.3) is 5.91 Å². The largest absolute Gasteiger partial charge is 0.497 e. The summed E-state index contributed by atoms with van der Waals surface area (Å²) in [6, 6.07) is 12.6. The predicted molar refractivity (Wildman–Crippen MR) is 136 cm³/mol. The molecule has 1 heterocycles. The minimum Gasteiger partial charge on any atom is -0.497 e. The predicted octanol–water partition coefficient (Wildman–Crippen LogP) is 6.14. The number of halogens is 1. The van der Waals surface area contributed by atoms with E-state index in [1.54, 1.807) is 17.4 Å². The molecule has 0 saturated heterocycles. The van der Waals surface area contributed by atoms with Crippen molar-refractivity contribution in [1.29, 1.82) is 0 Å². The molecule has 7 heteroatoms. The molecule has 0 bridgehead atoms. The van der Waals surface area contributed by atoms with E-state index in [2.05, 4.69) is 5.32 Å². The molecule has 0 aliphatic heterocycles. The first-order valence-corrected chi connectivity index (χ1v) is 12.6. The molecule has 4 rings (SSSR count). The average Bonchev–Trinajstić information content (AvgIpc) is 3.11. The van der Waals surface area contributed by atoms with Crippen LogP contribution in [-0.4, -0.2) is 30.1 Å². The van der Waals surface area contributed by atoms with Crippen molar-refractivity contribution in [3.63, 3.8) is 0 Å². The number of nitrogens with one attached hydrogen (secondary N) is 1. The fraction of sp³-hybridized carbons (Fsp3) is 0.357. The summed E-state index contributed by atoms with van der Waals surface area (Å²) in [5.41, 5.74) is 4.44. The zero-order chi connectivity index (χ0) is 25.1. The first-order valence-electron chi connectivity index (χ1n) is 11.8. The fourth-order valence-electron chi connectivity index (χ4n) is 4.85. The highest BCUT2D eigenvalue weighted by atomic mass is 32.1. The average molecular weight is 496 g/mol. The van der Waals surface area contributed by atoms with E-state index in [4.69, 9.17) is 4.74 Å². The summed E-state index contributed by atoms with van der Waals surface area (Å²) in [5.74, 6) is -1.01. The Morgan fingerprint density at radius 2 is 1.71 bits per heavy atom. The van der Waals surface area contributed by atoms with E-state index in [1.165, 1.54) is 19.2 Å². The maximum atomic E-state index is 13.9. The lowest BCUT2D eigenvalue weighted by molar-refractivity contribution is -0.142. The van der Waals surface area contributed by atoms with Crippen LogP contribution in [0.1, 0.15) is 56.9 Å². The fourth-order valence-corrected chi connectivity index (χ4v) is 5.92. The van der Waals surface area contributed by atoms with Gasteiger partial charge in [-0.25, -0.2) is 4.39 Å². The molecule has 1 aliphatic rings. The highest BCUT2D eigenvalue weighted by molar-refractivity contribution is 7.12. The smallest absolute Gasteiger partial charge is 0.306 e. The molecule has 0 radical (unpaired) electrons. The number of thiophene rings is 1. The van der Waals surface area contributed by atoms with Crippen LogP contribution < -0.4 is 10.1 Å². The monoisotopic (exact) mass is 495 g/mol. The number of aliphatic carboxylic acids is 1. The van der Waals surface area contributed by atoms with Crippen molar-refractivity contribution in [3.05, 3.63) is 74.7 Å². The minimum atomic E-state index is -0.746. The molecule has 0 spiro atoms. The third-order valence-electron chi connectivity index (χ3n) is 6.80. The maximum Gasteiger partial charge on any atom is 0.306 e. The number of carbonyl (C=O) groups excluding carboxylic acids is 1. The van der Waals surface area contributed by atoms with Crippen molar-refractivity contribution in [3.8, 4) is 16.9 Å². The Labute approximate surface area is 209 Å². The van der Waals surface area contributed by atoms with Gasteiger partial charge in [-0.2, -0.15) is 0 Å². The summed E-state index contributed by atoms with van der Waals surface area (Å²) in [5, 5.41) is 12.4. The van der Waals surface area contributed by atoms with Crippen molar-refractivity contribution in [2.75, 3.05) is 7.11 Å². The van der Waals surface area contributed by atoms with Crippen molar-refractivity contribution >= 4 is 23.2 Å². The molecule has 5 nitrogen and oxygen atoms in total. The van der Waals surface area contributed by atoms with Crippen LogP contribution in [0.4, 0.5) is 4.39 Å². The molecular formula is C28H30FNO4S. The second kappa shape index (κ2) is 10.6. The van der Waals surface area contributed by atoms with E-state index >= 15 is 0 Å². The summed E-state index contributed by atoms with van der Waals surface area (Å²) >= 11 is 1.62. The molecule has 1 amide bonds. The first kappa shape index (κ1) is 24.9. The number of carboxylic acid groups (broad SMARTS) is 1. The Bertz CT molecular complexity index is 1230. The van der Waals surface area contributed by atoms with E-state index in [9.17, 15) is 19.1 Å². The molecule has 35 heavy (non-hydrogen) atoms. The summed E-state index contributed by atoms with van der Waals surface area (Å²) < 4.78 is 19.1. The van der Waals surface area contributed by atoms with E-state index in [-0.39, 0.29) is 23.7 Å². The number of carbonyl (C=O) groups is 2. The van der Waals surface area contributed by atoms with E-state index in [1.807, 2.05) is 38.1 Å². The Morgan fingerprint density at radius 1 is 1.03 bits per heavy atom. The van der Waals surface area contributed by atoms with Gasteiger partial charge in [-0.1, -0.05) is 24.3 Å². The Hall–Kier alpha value is -3.19. The molecule has 0 unspecified atom stereocenters. The molecule has 3 aromatic rings. The lowest BCUT2D eigenvalue weighted by atomic mass is 9.86. The zero-order valence-electron chi connectivity index (χ0n) is 20.2. The molecule has 1 aromatic heterocycles. The topological polar surface area (TPSA) is 75.6 Å². The van der Waals surface area contributed by atoms with E-state index in [0.717, 1.165) is 37.6 Å². The van der Waals surface area contributed by atoms with E-state index < -0.39 is 5.97 Å². The number of amides is 1. The molecule has 184 valence electrons. The van der Waals surface area contributed by atoms with Crippen LogP contribution in [0.15, 0.2) is 42.5 Å². The van der Waals surface area contributed by atoms with Gasteiger partial charge in [0.15, 0.2) is 0 Å². The summed E-state index contributed by atoms with van der Waals surface area (Å²) in [7, 11) is 1.52. The van der Waals surface area contributed by atoms with Gasteiger partial charge in [-0.05, 0) is 80.3 Å². The highest BCUT2D eigenvalue weighted by Gasteiger charge is 2.28. The number of methoxy groups -OCH3 is 1. The molecule has 0 atom stereocenters. The van der Waals surface area contributed by atoms with Crippen molar-refractivity contribution < 1.29 is 23.8 Å². The van der Waals surface area contributed by atoms with Gasteiger partial charge < -0.3 is 15.2 Å². The van der Waals surface area contributed by atoms with Gasteiger partial charge in [0, 0.05) is 21.9 Å². The van der Waals surface area contributed by atoms with E-state index in [0.29, 0.717) is 37.9 Å². The lowest BCUT2D eigenvalue weighted by Gasteiger charge is -2.27. The molecule has 1 aliphatic carbocycles. The number of hydrogen-bond acceptors (Lipinski definition) is 4. The van der Waals surface area contributed by atoms with Gasteiger partial charge in [-0.3, -0.25) is 9.59 Å². The molecule has 2 aromatic carbocycles. The van der Waals surface area contributed by atoms with Gasteiger partial charge in [0.1, 0.15) is 11.6 Å². The number of aryl methyl sites for hydroxylation is 2. The third-order valence-corrected chi connectivity index (χ3v) is 7.86. The molecule has 2 N–H and O–H groups in total. The number of ether oxygens (including phenoxy) is 1. The quantitative estimate of drug-likeness (QED) is 0.413. The van der Waals surface area contributed by atoms with Crippen LogP contribution in [0.3, 0.4) is 0 Å². The van der Waals surface area contributed by atoms with Crippen LogP contribution >= 0.6 is 11.3 Å². The van der Waals surface area contributed by atoms with Crippen molar-refractivity contribution in [2.24, 2.45) is 5.92 Å². The van der Waals surface area contributed by atoms with Crippen LogP contribution in [0.5, 0.6) is 5.75 Å². The molecule has 1 fully saturated rings. The van der Waals surface area contributed by atoms with Crippen molar-refractivity contribution in [1.82, 2.24) is 5.32 Å². The second-order valence-corrected chi connectivity index (χ2v) is 10.6. The van der Waals surface area contributed by atoms with Gasteiger partial charge in [0.05, 0.1) is 18.6 Å². The van der Waals surface area contributed by atoms with Gasteiger partial charge >= 0.3 is 5.97 Å². The van der Waals surface area contributed by atoms with Crippen molar-refractivity contribution in [2.45, 2.75) is 52.0 Å². The number of benzene rings is 2. The van der Waals surface area contributed by atoms with Crippen LogP contribution in [0.2, 0.25) is 0 Å². The Kier molecular flexibility index (Phi) is 7.55.